The first-order chi connectivity index (χ1) is 15.4. The minimum atomic E-state index is -5.34. The van der Waals surface area contributed by atoms with Crippen LogP contribution in [0.25, 0.3) is 0 Å². The van der Waals surface area contributed by atoms with E-state index in [0.29, 0.717) is 6.08 Å². The Kier molecular flexibility index (Phi) is 13.4. The van der Waals surface area contributed by atoms with Gasteiger partial charge in [-0.1, -0.05) is 0 Å². The number of carbonyl (C=O) groups is 3. The van der Waals surface area contributed by atoms with E-state index in [-0.39, 0.29) is 35.8 Å². The molecule has 0 fully saturated rings. The van der Waals surface area contributed by atoms with Crippen LogP contribution in [0.4, 0.5) is 0 Å². The van der Waals surface area contributed by atoms with Gasteiger partial charge in [0.2, 0.25) is 18.0 Å². The van der Waals surface area contributed by atoms with Crippen LogP contribution in [0.2, 0.25) is 0 Å². The number of carboxylic acids is 1. The summed E-state index contributed by atoms with van der Waals surface area (Å²) in [6, 6.07) is -1.85. The van der Waals surface area contributed by atoms with Crippen molar-refractivity contribution in [2.24, 2.45) is 0 Å². The summed E-state index contributed by atoms with van der Waals surface area (Å²) in [6.45, 7) is -0.426. The summed E-state index contributed by atoms with van der Waals surface area (Å²) in [6.07, 6.45) is -13.2. The zero-order valence-corrected chi connectivity index (χ0v) is 21.5. The molecule has 0 spiro atoms. The molecule has 197 valence electrons. The largest absolute Gasteiger partial charge is 0.475 e. The summed E-state index contributed by atoms with van der Waals surface area (Å²) < 4.78 is 79.4. The molecule has 0 aromatic rings. The van der Waals surface area contributed by atoms with Crippen molar-refractivity contribution < 1.29 is 78.6 Å². The summed E-state index contributed by atoms with van der Waals surface area (Å²) in [5.41, 5.74) is 0. The molecule has 1 heterocycles. The summed E-state index contributed by atoms with van der Waals surface area (Å²) in [7, 11) is -10.5. The molecule has 18 nitrogen and oxygen atoms in total. The van der Waals surface area contributed by atoms with Crippen LogP contribution in [0.5, 0.6) is 0 Å². The van der Waals surface area contributed by atoms with Crippen molar-refractivity contribution in [2.75, 3.05) is 6.61 Å². The first kappa shape index (κ1) is 33.7. The molecule has 0 aromatic heterocycles. The van der Waals surface area contributed by atoms with E-state index in [9.17, 15) is 46.5 Å². The first-order valence-electron chi connectivity index (χ1n) is 8.76. The second kappa shape index (κ2) is 13.9. The summed E-state index contributed by atoms with van der Waals surface area (Å²) in [5, 5.41) is 41.7. The second-order valence-corrected chi connectivity index (χ2v) is 8.67. The average molecular weight is 562 g/mol. The number of hydrogen-bond donors (Lipinski definition) is 7. The molecule has 0 aliphatic carbocycles. The van der Waals surface area contributed by atoms with Crippen LogP contribution in [0.15, 0.2) is 11.8 Å². The molecule has 1 radical (unpaired) electrons. The van der Waals surface area contributed by atoms with Gasteiger partial charge in [0.1, 0.15) is 36.7 Å². The van der Waals surface area contributed by atoms with E-state index in [1.807, 2.05) is 5.32 Å². The average Bonchev–Trinajstić information content (AvgIpc) is 2.68. The van der Waals surface area contributed by atoms with E-state index in [1.54, 1.807) is 0 Å². The normalized spacial score (nSPS) is 23.9. The van der Waals surface area contributed by atoms with Gasteiger partial charge in [-0.15, -0.1) is 0 Å². The molecule has 1 amide bonds. The Labute approximate surface area is 220 Å². The van der Waals surface area contributed by atoms with E-state index in [2.05, 4.69) is 8.37 Å². The van der Waals surface area contributed by atoms with Crippen LogP contribution in [0, 0.1) is 0 Å². The van der Waals surface area contributed by atoms with Crippen molar-refractivity contribution in [2.45, 2.75) is 49.8 Å². The predicted octanol–water partition coefficient (Wildman–Crippen LogP) is -4.89. The Hall–Kier alpha value is -1.27. The fourth-order valence-electron chi connectivity index (χ4n) is 2.56. The molecular weight excluding hydrogens is 541 g/mol. The number of hydrogen-bond acceptors (Lipinski definition) is 14. The summed E-state index contributed by atoms with van der Waals surface area (Å²) in [5.74, 6) is -3.72. The number of carbonyl (C=O) groups excluding carboxylic acids is 2. The maximum atomic E-state index is 11.3. The number of carboxylic acid groups (broad SMARTS) is 1. The summed E-state index contributed by atoms with van der Waals surface area (Å²) >= 11 is 0. The molecular formula is C14H21NNaO17S2. The van der Waals surface area contributed by atoms with E-state index in [0.717, 1.165) is 6.92 Å². The Bertz CT molecular complexity index is 998. The molecule has 1 aliphatic rings. The standard InChI is InChI=1S/C14H21NO17S2.Na/c1-5(17)15-6(3-16)10(20)11(8(19)4-29-33(23,24)25)31-14-12(32-34(26,27)28)7(18)2-9(30-14)13(21)22;/h2-3,6-8,10-12,14,18-20H,4H2,1H3,(H,15,17)(H,21,22)(H,23,24,25)(H,26,27,28);. The van der Waals surface area contributed by atoms with Crippen LogP contribution in [-0.2, 0) is 53.0 Å². The van der Waals surface area contributed by atoms with Crippen LogP contribution >= 0.6 is 0 Å². The van der Waals surface area contributed by atoms with Gasteiger partial charge in [-0.3, -0.25) is 13.9 Å². The van der Waals surface area contributed by atoms with Crippen LogP contribution in [0.3, 0.4) is 0 Å². The van der Waals surface area contributed by atoms with Gasteiger partial charge in [-0.2, -0.15) is 16.8 Å². The Balaban J connectivity index is 0.0000116. The minimum absolute atomic E-state index is 0. The van der Waals surface area contributed by atoms with E-state index >= 15 is 0 Å². The molecule has 7 unspecified atom stereocenters. The van der Waals surface area contributed by atoms with Gasteiger partial charge in [0.15, 0.2) is 6.10 Å². The number of aldehydes is 1. The van der Waals surface area contributed by atoms with Gasteiger partial charge in [0.25, 0.3) is 0 Å². The number of aliphatic hydroxyl groups is 3. The molecule has 1 rings (SSSR count). The molecule has 7 N–H and O–H groups in total. The Morgan fingerprint density at radius 1 is 1.20 bits per heavy atom. The fourth-order valence-corrected chi connectivity index (χ4v) is 3.35. The van der Waals surface area contributed by atoms with Gasteiger partial charge in [-0.25, -0.2) is 13.2 Å². The Morgan fingerprint density at radius 3 is 2.20 bits per heavy atom. The molecule has 0 saturated carbocycles. The number of rotatable bonds is 13. The number of nitrogens with one attached hydrogen (secondary N) is 1. The number of aliphatic hydroxyl groups excluding tert-OH is 3. The SMILES string of the molecule is CC(=O)NC(C=O)C(O)C(OC1OC(C(=O)O)=CC(O)C1OS(=O)(=O)O)C(O)COS(=O)(=O)O.[Na]. The quantitative estimate of drug-likeness (QED) is 0.0628. The van der Waals surface area contributed by atoms with Crippen molar-refractivity contribution in [3.8, 4) is 0 Å². The molecule has 35 heavy (non-hydrogen) atoms. The van der Waals surface area contributed by atoms with Crippen molar-refractivity contribution in [1.82, 2.24) is 5.32 Å². The van der Waals surface area contributed by atoms with Crippen molar-refractivity contribution in [3.05, 3.63) is 11.8 Å². The fraction of sp³-hybridized carbons (Fsp3) is 0.643. The third kappa shape index (κ3) is 11.6. The van der Waals surface area contributed by atoms with Gasteiger partial charge >= 0.3 is 26.8 Å². The Morgan fingerprint density at radius 2 is 1.77 bits per heavy atom. The second-order valence-electron chi connectivity index (χ2n) is 6.53. The predicted molar refractivity (Wildman–Crippen MR) is 107 cm³/mol. The van der Waals surface area contributed by atoms with E-state index in [1.165, 1.54) is 0 Å². The maximum absolute atomic E-state index is 11.3. The van der Waals surface area contributed by atoms with Crippen molar-refractivity contribution in [1.29, 1.82) is 0 Å². The van der Waals surface area contributed by atoms with Crippen molar-refractivity contribution >= 4 is 68.5 Å². The topological polar surface area (TPSA) is 290 Å². The van der Waals surface area contributed by atoms with E-state index < -0.39 is 87.9 Å². The zero-order chi connectivity index (χ0) is 26.4. The monoisotopic (exact) mass is 562 g/mol. The van der Waals surface area contributed by atoms with Crippen LogP contribution in [0.1, 0.15) is 6.92 Å². The number of ether oxygens (including phenoxy) is 2. The molecule has 0 bridgehead atoms. The molecule has 21 heteroatoms. The first-order valence-corrected chi connectivity index (χ1v) is 11.5. The third-order valence-electron chi connectivity index (χ3n) is 3.89. The molecule has 1 aliphatic heterocycles. The third-order valence-corrected chi connectivity index (χ3v) is 4.79. The maximum Gasteiger partial charge on any atom is 0.397 e. The van der Waals surface area contributed by atoms with Gasteiger partial charge in [0.05, 0.1) is 6.61 Å². The molecule has 7 atom stereocenters. The molecule has 0 aromatic carbocycles. The van der Waals surface area contributed by atoms with Crippen LogP contribution in [-0.4, -0.2) is 144 Å². The van der Waals surface area contributed by atoms with Gasteiger partial charge in [0, 0.05) is 36.5 Å². The minimum Gasteiger partial charge on any atom is -0.475 e. The van der Waals surface area contributed by atoms with Gasteiger partial charge < -0.3 is 40.0 Å². The smallest absolute Gasteiger partial charge is 0.397 e. The summed E-state index contributed by atoms with van der Waals surface area (Å²) in [4.78, 5) is 33.8. The molecule has 0 saturated heterocycles. The van der Waals surface area contributed by atoms with Gasteiger partial charge in [-0.05, 0) is 6.08 Å². The van der Waals surface area contributed by atoms with Crippen LogP contribution < -0.4 is 5.32 Å². The number of amides is 1. The number of aliphatic carboxylic acids is 1. The van der Waals surface area contributed by atoms with E-state index in [4.69, 9.17) is 23.7 Å². The zero-order valence-electron chi connectivity index (χ0n) is 17.9. The van der Waals surface area contributed by atoms with Crippen molar-refractivity contribution in [3.63, 3.8) is 0 Å².